The second-order valence-corrected chi connectivity index (χ2v) is 9.17. The van der Waals surface area contributed by atoms with Crippen LogP contribution in [0.15, 0.2) is 30.3 Å². The number of aliphatic hydroxyl groups is 1. The number of amides is 1. The summed E-state index contributed by atoms with van der Waals surface area (Å²) >= 11 is 0. The predicted molar refractivity (Wildman–Crippen MR) is 115 cm³/mol. The molecular formula is C23H30N4O3. The number of aromatic nitrogens is 2. The number of hydrogen-bond acceptors (Lipinski definition) is 6. The monoisotopic (exact) mass is 410 g/mol. The van der Waals surface area contributed by atoms with Crippen LogP contribution in [-0.2, 0) is 17.8 Å². The number of anilines is 1. The van der Waals surface area contributed by atoms with Gasteiger partial charge in [-0.1, -0.05) is 30.3 Å². The Morgan fingerprint density at radius 1 is 1.10 bits per heavy atom. The third-order valence-electron chi connectivity index (χ3n) is 5.51. The van der Waals surface area contributed by atoms with Crippen molar-refractivity contribution in [1.82, 2.24) is 14.9 Å². The molecule has 0 saturated heterocycles. The van der Waals surface area contributed by atoms with Gasteiger partial charge in [0.05, 0.1) is 30.6 Å². The Morgan fingerprint density at radius 2 is 1.80 bits per heavy atom. The molecule has 0 spiro atoms. The first-order valence-electron chi connectivity index (χ1n) is 10.7. The Balaban J connectivity index is 1.62. The lowest BCUT2D eigenvalue weighted by Crippen LogP contribution is -2.33. The summed E-state index contributed by atoms with van der Waals surface area (Å²) in [5, 5.41) is 13.2. The Hall–Kier alpha value is -2.67. The SMILES string of the molecule is CC(C)(C)OC(=O)N1Cc2nc(N[C@H]3CC[C@H](O)CC3)nc(-c3ccccc3)c2C1. The predicted octanol–water partition coefficient (Wildman–Crippen LogP) is 4.11. The number of nitrogens with one attached hydrogen (secondary N) is 1. The molecule has 1 saturated carbocycles. The van der Waals surface area contributed by atoms with E-state index < -0.39 is 5.60 Å². The fraction of sp³-hybridized carbons (Fsp3) is 0.522. The highest BCUT2D eigenvalue weighted by Gasteiger charge is 2.32. The fourth-order valence-electron chi connectivity index (χ4n) is 4.01. The molecule has 0 bridgehead atoms. The molecule has 2 heterocycles. The summed E-state index contributed by atoms with van der Waals surface area (Å²) in [6.45, 7) is 6.44. The van der Waals surface area contributed by atoms with Gasteiger partial charge in [0.1, 0.15) is 5.60 Å². The average molecular weight is 411 g/mol. The first kappa shape index (κ1) is 20.6. The lowest BCUT2D eigenvalue weighted by molar-refractivity contribution is 0.0241. The van der Waals surface area contributed by atoms with Crippen molar-refractivity contribution in [3.8, 4) is 11.3 Å². The molecule has 7 nitrogen and oxygen atoms in total. The van der Waals surface area contributed by atoms with Gasteiger partial charge in [-0.25, -0.2) is 14.8 Å². The van der Waals surface area contributed by atoms with E-state index in [1.807, 2.05) is 51.1 Å². The maximum atomic E-state index is 12.6. The number of carbonyl (C=O) groups is 1. The van der Waals surface area contributed by atoms with E-state index in [1.54, 1.807) is 4.90 Å². The number of carbonyl (C=O) groups excluding carboxylic acids is 1. The van der Waals surface area contributed by atoms with Crippen LogP contribution in [0.25, 0.3) is 11.3 Å². The summed E-state index contributed by atoms with van der Waals surface area (Å²) in [4.78, 5) is 23.9. The zero-order valence-corrected chi connectivity index (χ0v) is 17.9. The molecule has 4 rings (SSSR count). The van der Waals surface area contributed by atoms with Crippen LogP contribution in [0.3, 0.4) is 0 Å². The molecule has 2 N–H and O–H groups in total. The normalized spacial score (nSPS) is 21.3. The van der Waals surface area contributed by atoms with E-state index in [0.29, 0.717) is 19.0 Å². The summed E-state index contributed by atoms with van der Waals surface area (Å²) < 4.78 is 5.56. The van der Waals surface area contributed by atoms with Gasteiger partial charge in [0, 0.05) is 17.2 Å². The summed E-state index contributed by atoms with van der Waals surface area (Å²) in [7, 11) is 0. The van der Waals surface area contributed by atoms with Crippen LogP contribution in [-0.4, -0.2) is 43.8 Å². The molecule has 7 heteroatoms. The van der Waals surface area contributed by atoms with Crippen molar-refractivity contribution in [1.29, 1.82) is 0 Å². The molecule has 0 unspecified atom stereocenters. The molecule has 1 aromatic carbocycles. The van der Waals surface area contributed by atoms with Crippen LogP contribution < -0.4 is 5.32 Å². The highest BCUT2D eigenvalue weighted by atomic mass is 16.6. The quantitative estimate of drug-likeness (QED) is 0.792. The summed E-state index contributed by atoms with van der Waals surface area (Å²) in [6.07, 6.45) is 2.83. The zero-order valence-electron chi connectivity index (χ0n) is 17.9. The number of ether oxygens (including phenoxy) is 1. The minimum atomic E-state index is -0.544. The topological polar surface area (TPSA) is 87.6 Å². The minimum Gasteiger partial charge on any atom is -0.444 e. The highest BCUT2D eigenvalue weighted by molar-refractivity contribution is 5.72. The van der Waals surface area contributed by atoms with Crippen molar-refractivity contribution in [3.63, 3.8) is 0 Å². The minimum absolute atomic E-state index is 0.203. The van der Waals surface area contributed by atoms with Crippen LogP contribution in [0.4, 0.5) is 10.7 Å². The number of rotatable bonds is 3. The lowest BCUT2D eigenvalue weighted by atomic mass is 9.93. The van der Waals surface area contributed by atoms with Crippen LogP contribution >= 0.6 is 0 Å². The number of hydrogen-bond donors (Lipinski definition) is 2. The lowest BCUT2D eigenvalue weighted by Gasteiger charge is -2.26. The second-order valence-electron chi connectivity index (χ2n) is 9.17. The maximum Gasteiger partial charge on any atom is 0.410 e. The van der Waals surface area contributed by atoms with Crippen molar-refractivity contribution in [2.75, 3.05) is 5.32 Å². The molecule has 2 aliphatic rings. The number of benzene rings is 1. The van der Waals surface area contributed by atoms with Crippen LogP contribution in [0, 0.1) is 0 Å². The molecule has 1 aliphatic heterocycles. The van der Waals surface area contributed by atoms with Gasteiger partial charge in [0.15, 0.2) is 0 Å². The van der Waals surface area contributed by atoms with E-state index in [1.165, 1.54) is 0 Å². The molecular weight excluding hydrogens is 380 g/mol. The van der Waals surface area contributed by atoms with E-state index in [9.17, 15) is 9.90 Å². The largest absolute Gasteiger partial charge is 0.444 e. The second kappa shape index (κ2) is 8.22. The van der Waals surface area contributed by atoms with Gasteiger partial charge in [-0.2, -0.15) is 0 Å². The Bertz CT molecular complexity index is 903. The number of nitrogens with zero attached hydrogens (tertiary/aromatic N) is 3. The summed E-state index contributed by atoms with van der Waals surface area (Å²) in [5.41, 5.74) is 3.14. The van der Waals surface area contributed by atoms with Gasteiger partial charge in [-0.15, -0.1) is 0 Å². The molecule has 1 amide bonds. The van der Waals surface area contributed by atoms with Crippen molar-refractivity contribution in [3.05, 3.63) is 41.6 Å². The summed E-state index contributed by atoms with van der Waals surface area (Å²) in [5.74, 6) is 0.583. The van der Waals surface area contributed by atoms with Crippen molar-refractivity contribution in [2.45, 2.75) is 77.3 Å². The Morgan fingerprint density at radius 3 is 2.47 bits per heavy atom. The van der Waals surface area contributed by atoms with E-state index in [0.717, 1.165) is 48.2 Å². The molecule has 2 aromatic rings. The summed E-state index contributed by atoms with van der Waals surface area (Å²) in [6, 6.07) is 10.3. The Kier molecular flexibility index (Phi) is 5.64. The van der Waals surface area contributed by atoms with E-state index in [2.05, 4.69) is 5.32 Å². The molecule has 1 aromatic heterocycles. The molecule has 1 fully saturated rings. The molecule has 1 aliphatic carbocycles. The van der Waals surface area contributed by atoms with Crippen LogP contribution in [0.2, 0.25) is 0 Å². The van der Waals surface area contributed by atoms with Crippen molar-refractivity contribution in [2.24, 2.45) is 0 Å². The number of fused-ring (bicyclic) bond motifs is 1. The van der Waals surface area contributed by atoms with Gasteiger partial charge < -0.3 is 15.2 Å². The van der Waals surface area contributed by atoms with Crippen LogP contribution in [0.5, 0.6) is 0 Å². The van der Waals surface area contributed by atoms with Gasteiger partial charge in [-0.05, 0) is 46.5 Å². The highest BCUT2D eigenvalue weighted by Crippen LogP contribution is 2.33. The van der Waals surface area contributed by atoms with E-state index in [-0.39, 0.29) is 18.2 Å². The third kappa shape index (κ3) is 4.73. The smallest absolute Gasteiger partial charge is 0.410 e. The van der Waals surface area contributed by atoms with Crippen molar-refractivity contribution >= 4 is 12.0 Å². The average Bonchev–Trinajstić information content (AvgIpc) is 3.13. The first-order valence-corrected chi connectivity index (χ1v) is 10.7. The standard InChI is InChI=1S/C23H30N4O3/c1-23(2,3)30-22(29)27-13-18-19(14-27)25-21(24-16-9-11-17(28)12-10-16)26-20(18)15-7-5-4-6-8-15/h4-8,16-17,28H,9-14H2,1-3H3,(H,24,25,26)/t16-,17-. The number of aliphatic hydroxyl groups excluding tert-OH is 1. The first-order chi connectivity index (χ1) is 14.3. The molecule has 0 radical (unpaired) electrons. The van der Waals surface area contributed by atoms with Gasteiger partial charge in [0.2, 0.25) is 5.95 Å². The fourth-order valence-corrected chi connectivity index (χ4v) is 4.01. The molecule has 160 valence electrons. The molecule has 0 atom stereocenters. The Labute approximate surface area is 177 Å². The van der Waals surface area contributed by atoms with Gasteiger partial charge >= 0.3 is 6.09 Å². The molecule has 30 heavy (non-hydrogen) atoms. The van der Waals surface area contributed by atoms with E-state index in [4.69, 9.17) is 14.7 Å². The van der Waals surface area contributed by atoms with Gasteiger partial charge in [-0.3, -0.25) is 4.90 Å². The van der Waals surface area contributed by atoms with Gasteiger partial charge in [0.25, 0.3) is 0 Å². The maximum absolute atomic E-state index is 12.6. The van der Waals surface area contributed by atoms with Crippen LogP contribution in [0.1, 0.15) is 57.7 Å². The zero-order chi connectivity index (χ0) is 21.3. The third-order valence-corrected chi connectivity index (χ3v) is 5.51. The van der Waals surface area contributed by atoms with E-state index >= 15 is 0 Å². The van der Waals surface area contributed by atoms with Crippen molar-refractivity contribution < 1.29 is 14.6 Å².